The summed E-state index contributed by atoms with van der Waals surface area (Å²) in [5.74, 6) is -0.979. The number of carbonyl (C=O) groups excluding carboxylic acids is 2. The van der Waals surface area contributed by atoms with Gasteiger partial charge in [0.05, 0.1) is 11.5 Å². The van der Waals surface area contributed by atoms with Crippen LogP contribution in [0.2, 0.25) is 0 Å². The van der Waals surface area contributed by atoms with Crippen LogP contribution in [0.5, 0.6) is 0 Å². The highest BCUT2D eigenvalue weighted by atomic mass is 32.2. The van der Waals surface area contributed by atoms with Gasteiger partial charge in [0.25, 0.3) is 5.91 Å². The van der Waals surface area contributed by atoms with E-state index in [1.54, 1.807) is 43.0 Å². The molecule has 0 bridgehead atoms. The molecule has 2 aromatic rings. The van der Waals surface area contributed by atoms with Crippen LogP contribution in [-0.2, 0) is 14.8 Å². The second-order valence-electron chi connectivity index (χ2n) is 6.73. The highest BCUT2D eigenvalue weighted by molar-refractivity contribution is 8.00. The van der Waals surface area contributed by atoms with Crippen LogP contribution < -0.4 is 9.62 Å². The Morgan fingerprint density at radius 2 is 1.93 bits per heavy atom. The van der Waals surface area contributed by atoms with Gasteiger partial charge in [0.1, 0.15) is 11.2 Å². The van der Waals surface area contributed by atoms with Crippen molar-refractivity contribution in [1.82, 2.24) is 4.72 Å². The third-order valence-electron chi connectivity index (χ3n) is 4.46. The largest absolute Gasteiger partial charge is 0.295 e. The lowest BCUT2D eigenvalue weighted by molar-refractivity contribution is -0.115. The Hall–Kier alpha value is -2.39. The molecule has 1 atom stereocenters. The van der Waals surface area contributed by atoms with Gasteiger partial charge in [-0.3, -0.25) is 14.5 Å². The first-order chi connectivity index (χ1) is 13.7. The predicted octanol–water partition coefficient (Wildman–Crippen LogP) is 3.38. The minimum absolute atomic E-state index is 0.0878. The van der Waals surface area contributed by atoms with Gasteiger partial charge in [-0.1, -0.05) is 19.1 Å². The molecule has 0 spiro atoms. The summed E-state index contributed by atoms with van der Waals surface area (Å²) in [7, 11) is -3.67. The minimum Gasteiger partial charge on any atom is -0.295 e. The second-order valence-corrected chi connectivity index (χ2v) is 9.64. The number of hydrogen-bond acceptors (Lipinski definition) is 5. The molecule has 2 amide bonds. The molecule has 9 heteroatoms. The topological polar surface area (TPSA) is 83.6 Å². The first-order valence-electron chi connectivity index (χ1n) is 9.06. The molecule has 1 aliphatic rings. The first-order valence-corrected chi connectivity index (χ1v) is 11.8. The number of thioether (sulfide) groups is 1. The number of amides is 2. The molecule has 6 nitrogen and oxygen atoms in total. The fourth-order valence-electron chi connectivity index (χ4n) is 3.15. The molecule has 1 N–H and O–H groups in total. The Morgan fingerprint density at radius 1 is 1.24 bits per heavy atom. The zero-order valence-electron chi connectivity index (χ0n) is 16.0. The van der Waals surface area contributed by atoms with Crippen LogP contribution in [0, 0.1) is 12.7 Å². The first kappa shape index (κ1) is 21.3. The Bertz CT molecular complexity index is 1040. The lowest BCUT2D eigenvalue weighted by Crippen LogP contribution is -2.32. The maximum Gasteiger partial charge on any atom is 0.264 e. The van der Waals surface area contributed by atoms with E-state index in [1.165, 1.54) is 30.0 Å². The summed E-state index contributed by atoms with van der Waals surface area (Å²) in [5, 5.41) is -0.300. The van der Waals surface area contributed by atoms with Gasteiger partial charge >= 0.3 is 0 Å². The van der Waals surface area contributed by atoms with Crippen molar-refractivity contribution in [2.45, 2.75) is 25.6 Å². The van der Waals surface area contributed by atoms with Crippen molar-refractivity contribution in [1.29, 1.82) is 0 Å². The fourth-order valence-corrected chi connectivity index (χ4v) is 5.35. The number of carbonyl (C=O) groups is 2. The van der Waals surface area contributed by atoms with E-state index in [1.807, 2.05) is 0 Å². The van der Waals surface area contributed by atoms with Crippen LogP contribution in [0.3, 0.4) is 0 Å². The van der Waals surface area contributed by atoms with E-state index in [0.717, 1.165) is 5.56 Å². The second kappa shape index (κ2) is 8.54. The maximum atomic E-state index is 13.3. The van der Waals surface area contributed by atoms with Crippen molar-refractivity contribution in [3.05, 3.63) is 65.0 Å². The zero-order valence-corrected chi connectivity index (χ0v) is 17.6. The molecular formula is C20H21FN2O4S2. The van der Waals surface area contributed by atoms with E-state index >= 15 is 0 Å². The molecule has 3 rings (SSSR count). The number of benzene rings is 2. The van der Waals surface area contributed by atoms with Crippen LogP contribution in [0.25, 0.3) is 0 Å². The van der Waals surface area contributed by atoms with Crippen LogP contribution in [-0.4, -0.2) is 31.7 Å². The van der Waals surface area contributed by atoms with E-state index in [0.29, 0.717) is 23.4 Å². The average Bonchev–Trinajstić information content (AvgIpc) is 3.03. The lowest BCUT2D eigenvalue weighted by Gasteiger charge is -2.26. The van der Waals surface area contributed by atoms with Gasteiger partial charge in [0, 0.05) is 11.3 Å². The molecule has 2 aromatic carbocycles. The summed E-state index contributed by atoms with van der Waals surface area (Å²) >= 11 is 1.44. The van der Waals surface area contributed by atoms with Crippen LogP contribution in [0.4, 0.5) is 10.1 Å². The molecule has 1 aliphatic heterocycles. The number of halogens is 1. The molecule has 0 saturated carbocycles. The van der Waals surface area contributed by atoms with Gasteiger partial charge in [0.2, 0.25) is 15.9 Å². The lowest BCUT2D eigenvalue weighted by atomic mass is 10.1. The van der Waals surface area contributed by atoms with Crippen molar-refractivity contribution in [3.63, 3.8) is 0 Å². The van der Waals surface area contributed by atoms with Gasteiger partial charge in [-0.05, 0) is 54.8 Å². The molecule has 0 radical (unpaired) electrons. The summed E-state index contributed by atoms with van der Waals surface area (Å²) in [6.45, 7) is 3.47. The standard InChI is InChI=1S/C20H21FN2O4S2/c1-3-10-29(26,27)22-19(25)15-6-9-17(13(2)11-15)23-18(24)12-28-20(23)14-4-7-16(21)8-5-14/h4-9,11,20H,3,10,12H2,1-2H3,(H,22,25). The van der Waals surface area contributed by atoms with E-state index in [9.17, 15) is 22.4 Å². The quantitative estimate of drug-likeness (QED) is 0.751. The van der Waals surface area contributed by atoms with Gasteiger partial charge in [-0.15, -0.1) is 11.8 Å². The highest BCUT2D eigenvalue weighted by Crippen LogP contribution is 2.42. The zero-order chi connectivity index (χ0) is 21.2. The van der Waals surface area contributed by atoms with E-state index in [2.05, 4.69) is 4.72 Å². The van der Waals surface area contributed by atoms with Gasteiger partial charge in [-0.2, -0.15) is 0 Å². The summed E-state index contributed by atoms with van der Waals surface area (Å²) in [6, 6.07) is 10.7. The van der Waals surface area contributed by atoms with Gasteiger partial charge in [0.15, 0.2) is 0 Å². The Morgan fingerprint density at radius 3 is 2.55 bits per heavy atom. The number of nitrogens with one attached hydrogen (secondary N) is 1. The minimum atomic E-state index is -3.67. The van der Waals surface area contributed by atoms with Gasteiger partial charge < -0.3 is 0 Å². The average molecular weight is 437 g/mol. The molecule has 1 saturated heterocycles. The van der Waals surface area contributed by atoms with Crippen molar-refractivity contribution >= 4 is 39.3 Å². The number of anilines is 1. The number of hydrogen-bond donors (Lipinski definition) is 1. The van der Waals surface area contributed by atoms with Gasteiger partial charge in [-0.25, -0.2) is 17.5 Å². The van der Waals surface area contributed by atoms with Crippen LogP contribution in [0.15, 0.2) is 42.5 Å². The molecular weight excluding hydrogens is 415 g/mol. The fraction of sp³-hybridized carbons (Fsp3) is 0.300. The van der Waals surface area contributed by atoms with E-state index in [-0.39, 0.29) is 28.4 Å². The summed E-state index contributed by atoms with van der Waals surface area (Å²) < 4.78 is 39.0. The van der Waals surface area contributed by atoms with E-state index in [4.69, 9.17) is 0 Å². The monoisotopic (exact) mass is 436 g/mol. The predicted molar refractivity (Wildman–Crippen MR) is 112 cm³/mol. The normalized spacial score (nSPS) is 16.9. The SMILES string of the molecule is CCCS(=O)(=O)NC(=O)c1ccc(N2C(=O)CSC2c2ccc(F)cc2)c(C)c1. The Balaban J connectivity index is 1.87. The summed E-state index contributed by atoms with van der Waals surface area (Å²) in [4.78, 5) is 26.4. The Labute approximate surface area is 173 Å². The number of nitrogens with zero attached hydrogens (tertiary/aromatic N) is 1. The third-order valence-corrected chi connectivity index (χ3v) is 7.12. The number of sulfonamides is 1. The van der Waals surface area contributed by atoms with Crippen molar-refractivity contribution in [2.24, 2.45) is 0 Å². The van der Waals surface area contributed by atoms with Crippen LogP contribution in [0.1, 0.15) is 40.2 Å². The highest BCUT2D eigenvalue weighted by Gasteiger charge is 2.35. The maximum absolute atomic E-state index is 13.3. The molecule has 1 fully saturated rings. The smallest absolute Gasteiger partial charge is 0.264 e. The third kappa shape index (κ3) is 4.79. The van der Waals surface area contributed by atoms with Crippen LogP contribution >= 0.6 is 11.8 Å². The van der Waals surface area contributed by atoms with Crippen molar-refractivity contribution in [3.8, 4) is 0 Å². The summed E-state index contributed by atoms with van der Waals surface area (Å²) in [5.41, 5.74) is 2.29. The number of aryl methyl sites for hydroxylation is 1. The summed E-state index contributed by atoms with van der Waals surface area (Å²) in [6.07, 6.45) is 0.403. The van der Waals surface area contributed by atoms with Crippen molar-refractivity contribution in [2.75, 3.05) is 16.4 Å². The number of rotatable bonds is 6. The molecule has 0 aliphatic carbocycles. The van der Waals surface area contributed by atoms with E-state index < -0.39 is 15.9 Å². The molecule has 154 valence electrons. The molecule has 1 heterocycles. The molecule has 29 heavy (non-hydrogen) atoms. The molecule has 1 unspecified atom stereocenters. The molecule has 0 aromatic heterocycles. The Kier molecular flexibility index (Phi) is 6.28. The van der Waals surface area contributed by atoms with Crippen molar-refractivity contribution < 1.29 is 22.4 Å².